The molecular weight excluding hydrogens is 270 g/mol. The van der Waals surface area contributed by atoms with Crippen LogP contribution in [0.1, 0.15) is 28.9 Å². The Balaban J connectivity index is 3.40. The number of nitrogens with zero attached hydrogens (tertiary/aromatic N) is 2. The SMILES string of the molecule is N#Cc1cc(CBr)c(CO)c(C(F)F)n1. The maximum absolute atomic E-state index is 12.5. The molecule has 1 heterocycles. The zero-order chi connectivity index (χ0) is 11.4. The van der Waals surface area contributed by atoms with E-state index in [0.717, 1.165) is 0 Å². The Morgan fingerprint density at radius 2 is 2.27 bits per heavy atom. The summed E-state index contributed by atoms with van der Waals surface area (Å²) in [6, 6.07) is 3.08. The van der Waals surface area contributed by atoms with Gasteiger partial charge in [-0.15, -0.1) is 0 Å². The van der Waals surface area contributed by atoms with Crippen molar-refractivity contribution in [2.24, 2.45) is 0 Å². The molecule has 0 saturated heterocycles. The van der Waals surface area contributed by atoms with E-state index in [0.29, 0.717) is 10.9 Å². The Labute approximate surface area is 93.5 Å². The number of aliphatic hydroxyl groups is 1. The van der Waals surface area contributed by atoms with Gasteiger partial charge in [-0.25, -0.2) is 13.8 Å². The van der Waals surface area contributed by atoms with Crippen molar-refractivity contribution in [3.8, 4) is 6.07 Å². The number of aliphatic hydroxyl groups excluding tert-OH is 1. The molecule has 0 aromatic carbocycles. The minimum atomic E-state index is -2.79. The smallest absolute Gasteiger partial charge is 0.280 e. The van der Waals surface area contributed by atoms with Crippen molar-refractivity contribution in [3.63, 3.8) is 0 Å². The Kier molecular flexibility index (Phi) is 4.12. The lowest BCUT2D eigenvalue weighted by molar-refractivity contribution is 0.141. The van der Waals surface area contributed by atoms with Crippen LogP contribution in [0.5, 0.6) is 0 Å². The van der Waals surface area contributed by atoms with E-state index < -0.39 is 18.7 Å². The molecule has 0 aliphatic rings. The van der Waals surface area contributed by atoms with Crippen LogP contribution >= 0.6 is 15.9 Å². The summed E-state index contributed by atoms with van der Waals surface area (Å²) in [5, 5.41) is 17.8. The fourth-order valence-electron chi connectivity index (χ4n) is 1.19. The topological polar surface area (TPSA) is 56.9 Å². The summed E-state index contributed by atoms with van der Waals surface area (Å²) in [6.07, 6.45) is -2.79. The van der Waals surface area contributed by atoms with E-state index in [9.17, 15) is 8.78 Å². The molecular formula is C9H7BrF2N2O. The molecule has 1 N–H and O–H groups in total. The highest BCUT2D eigenvalue weighted by molar-refractivity contribution is 9.08. The molecule has 0 radical (unpaired) electrons. The number of aromatic nitrogens is 1. The standard InChI is InChI=1S/C9H7BrF2N2O/c10-2-5-1-6(3-13)14-8(9(11)12)7(5)4-15/h1,9,15H,2,4H2. The van der Waals surface area contributed by atoms with Gasteiger partial charge in [0.15, 0.2) is 0 Å². The van der Waals surface area contributed by atoms with E-state index >= 15 is 0 Å². The molecule has 1 aromatic heterocycles. The average molecular weight is 277 g/mol. The third-order valence-corrected chi connectivity index (χ3v) is 2.48. The highest BCUT2D eigenvalue weighted by Crippen LogP contribution is 2.25. The van der Waals surface area contributed by atoms with Gasteiger partial charge in [0, 0.05) is 10.9 Å². The number of hydrogen-bond donors (Lipinski definition) is 1. The van der Waals surface area contributed by atoms with Crippen LogP contribution in [0.4, 0.5) is 8.78 Å². The average Bonchev–Trinajstić information content (AvgIpc) is 2.26. The number of pyridine rings is 1. The quantitative estimate of drug-likeness (QED) is 0.862. The van der Waals surface area contributed by atoms with Crippen LogP contribution in [0.25, 0.3) is 0 Å². The second-order valence-corrected chi connectivity index (χ2v) is 3.30. The molecule has 80 valence electrons. The molecule has 0 fully saturated rings. The predicted octanol–water partition coefficient (Wildman–Crippen LogP) is 2.28. The zero-order valence-electron chi connectivity index (χ0n) is 7.54. The van der Waals surface area contributed by atoms with Gasteiger partial charge in [-0.2, -0.15) is 5.26 Å². The van der Waals surface area contributed by atoms with Crippen LogP contribution in [-0.4, -0.2) is 10.1 Å². The first-order valence-electron chi connectivity index (χ1n) is 4.01. The lowest BCUT2D eigenvalue weighted by Crippen LogP contribution is -2.04. The van der Waals surface area contributed by atoms with Gasteiger partial charge in [0.25, 0.3) is 6.43 Å². The van der Waals surface area contributed by atoms with Gasteiger partial charge >= 0.3 is 0 Å². The van der Waals surface area contributed by atoms with Crippen molar-refractivity contribution in [2.75, 3.05) is 0 Å². The maximum Gasteiger partial charge on any atom is 0.280 e. The Hall–Kier alpha value is -1.06. The normalized spacial score (nSPS) is 10.4. The first-order valence-corrected chi connectivity index (χ1v) is 5.14. The van der Waals surface area contributed by atoms with Gasteiger partial charge in [0.05, 0.1) is 6.61 Å². The number of halogens is 3. The summed E-state index contributed by atoms with van der Waals surface area (Å²) in [6.45, 7) is -0.515. The Bertz CT molecular complexity index is 404. The second-order valence-electron chi connectivity index (χ2n) is 2.73. The number of rotatable bonds is 3. The summed E-state index contributed by atoms with van der Waals surface area (Å²) in [5.41, 5.74) is -0.0526. The highest BCUT2D eigenvalue weighted by atomic mass is 79.9. The summed E-state index contributed by atoms with van der Waals surface area (Å²) in [5.74, 6) is 0. The van der Waals surface area contributed by atoms with E-state index in [1.807, 2.05) is 0 Å². The molecule has 0 aliphatic heterocycles. The molecule has 15 heavy (non-hydrogen) atoms. The Morgan fingerprint density at radius 1 is 1.60 bits per heavy atom. The molecule has 0 unspecified atom stereocenters. The lowest BCUT2D eigenvalue weighted by Gasteiger charge is -2.10. The predicted molar refractivity (Wildman–Crippen MR) is 52.5 cm³/mol. The van der Waals surface area contributed by atoms with Gasteiger partial charge in [0.1, 0.15) is 17.5 Å². The van der Waals surface area contributed by atoms with Crippen LogP contribution in [0.15, 0.2) is 6.07 Å². The molecule has 0 spiro atoms. The van der Waals surface area contributed by atoms with Gasteiger partial charge in [-0.1, -0.05) is 15.9 Å². The summed E-state index contributed by atoms with van der Waals surface area (Å²) < 4.78 is 25.1. The monoisotopic (exact) mass is 276 g/mol. The van der Waals surface area contributed by atoms with Gasteiger partial charge in [0.2, 0.25) is 0 Å². The summed E-state index contributed by atoms with van der Waals surface area (Å²) in [4.78, 5) is 3.48. The van der Waals surface area contributed by atoms with Crippen molar-refractivity contribution in [1.82, 2.24) is 4.98 Å². The van der Waals surface area contributed by atoms with Crippen molar-refractivity contribution in [1.29, 1.82) is 5.26 Å². The van der Waals surface area contributed by atoms with Gasteiger partial charge < -0.3 is 5.11 Å². The molecule has 0 saturated carbocycles. The molecule has 3 nitrogen and oxygen atoms in total. The molecule has 0 amide bonds. The van der Waals surface area contributed by atoms with Crippen LogP contribution in [0.3, 0.4) is 0 Å². The van der Waals surface area contributed by atoms with Crippen LogP contribution in [-0.2, 0) is 11.9 Å². The summed E-state index contributed by atoms with van der Waals surface area (Å²) in [7, 11) is 0. The molecule has 0 aliphatic carbocycles. The lowest BCUT2D eigenvalue weighted by atomic mass is 10.1. The summed E-state index contributed by atoms with van der Waals surface area (Å²) >= 11 is 3.10. The molecule has 1 rings (SSSR count). The Morgan fingerprint density at radius 3 is 2.67 bits per heavy atom. The number of alkyl halides is 3. The van der Waals surface area contributed by atoms with E-state index in [2.05, 4.69) is 20.9 Å². The first-order chi connectivity index (χ1) is 7.13. The van der Waals surface area contributed by atoms with Gasteiger partial charge in [-0.05, 0) is 11.6 Å². The van der Waals surface area contributed by atoms with Crippen LogP contribution in [0.2, 0.25) is 0 Å². The third kappa shape index (κ3) is 2.49. The maximum atomic E-state index is 12.5. The van der Waals surface area contributed by atoms with Gasteiger partial charge in [-0.3, -0.25) is 0 Å². The van der Waals surface area contributed by atoms with Crippen molar-refractivity contribution in [3.05, 3.63) is 28.6 Å². The minimum Gasteiger partial charge on any atom is -0.392 e. The van der Waals surface area contributed by atoms with E-state index in [4.69, 9.17) is 10.4 Å². The first kappa shape index (κ1) is 12.0. The minimum absolute atomic E-state index is 0.0723. The van der Waals surface area contributed by atoms with Crippen molar-refractivity contribution < 1.29 is 13.9 Å². The zero-order valence-corrected chi connectivity index (χ0v) is 9.13. The van der Waals surface area contributed by atoms with Crippen molar-refractivity contribution in [2.45, 2.75) is 18.4 Å². The highest BCUT2D eigenvalue weighted by Gasteiger charge is 2.18. The van der Waals surface area contributed by atoms with E-state index in [1.165, 1.54) is 6.07 Å². The van der Waals surface area contributed by atoms with E-state index in [1.54, 1.807) is 6.07 Å². The molecule has 6 heteroatoms. The largest absolute Gasteiger partial charge is 0.392 e. The molecule has 0 atom stereocenters. The number of hydrogen-bond acceptors (Lipinski definition) is 3. The van der Waals surface area contributed by atoms with Crippen LogP contribution in [0, 0.1) is 11.3 Å². The molecule has 0 bridgehead atoms. The number of nitriles is 1. The van der Waals surface area contributed by atoms with E-state index in [-0.39, 0.29) is 11.3 Å². The van der Waals surface area contributed by atoms with Crippen LogP contribution < -0.4 is 0 Å². The fraction of sp³-hybridized carbons (Fsp3) is 0.333. The second kappa shape index (κ2) is 5.14. The fourth-order valence-corrected chi connectivity index (χ4v) is 1.69. The molecule has 1 aromatic rings. The van der Waals surface area contributed by atoms with Crippen molar-refractivity contribution >= 4 is 15.9 Å². The third-order valence-electron chi connectivity index (χ3n) is 1.87.